The molecule has 0 spiro atoms. The summed E-state index contributed by atoms with van der Waals surface area (Å²) in [6, 6.07) is 13.0. The highest BCUT2D eigenvalue weighted by Crippen LogP contribution is 2.22. The molecule has 0 aliphatic carbocycles. The molecule has 152 valence electrons. The summed E-state index contributed by atoms with van der Waals surface area (Å²) < 4.78 is 36.5. The first kappa shape index (κ1) is 20.3. The van der Waals surface area contributed by atoms with E-state index in [0.29, 0.717) is 17.0 Å². The number of amides is 1. The molecular formula is C19H19N3O6S. The molecule has 1 amide bonds. The standard InChI is InChI=1S/C19H19N3O6S/c1-12(19(24)21-13-6-5-7-14(10-13)27-2)28-17(23)11-20-18-15-8-3-4-9-16(15)29(25,26)22-18/h3-10,12H,11H2,1-2H3,(H,20,22)(H,21,24)/t12-/m1/s1. The van der Waals surface area contributed by atoms with Crippen LogP contribution < -0.4 is 14.8 Å². The maximum atomic E-state index is 12.2. The number of nitrogens with one attached hydrogen (secondary N) is 2. The van der Waals surface area contributed by atoms with E-state index in [2.05, 4.69) is 15.0 Å². The minimum atomic E-state index is -3.69. The molecule has 2 N–H and O–H groups in total. The summed E-state index contributed by atoms with van der Waals surface area (Å²) in [5, 5.41) is 2.62. The first-order chi connectivity index (χ1) is 13.8. The van der Waals surface area contributed by atoms with E-state index in [0.717, 1.165) is 0 Å². The molecule has 9 nitrogen and oxygen atoms in total. The fraction of sp³-hybridized carbons (Fsp3) is 0.211. The molecule has 0 bridgehead atoms. The summed E-state index contributed by atoms with van der Waals surface area (Å²) in [7, 11) is -2.18. The number of esters is 1. The predicted molar refractivity (Wildman–Crippen MR) is 105 cm³/mol. The third-order valence-electron chi connectivity index (χ3n) is 4.04. The second-order valence-corrected chi connectivity index (χ2v) is 7.77. The van der Waals surface area contributed by atoms with Gasteiger partial charge in [-0.1, -0.05) is 18.2 Å². The highest BCUT2D eigenvalue weighted by molar-refractivity contribution is 7.90. The third-order valence-corrected chi connectivity index (χ3v) is 5.44. The third kappa shape index (κ3) is 4.72. The zero-order chi connectivity index (χ0) is 21.0. The number of carbonyl (C=O) groups excluding carboxylic acids is 2. The smallest absolute Gasteiger partial charge is 0.328 e. The Kier molecular flexibility index (Phi) is 5.83. The van der Waals surface area contributed by atoms with Crippen molar-refractivity contribution in [3.8, 4) is 5.75 Å². The number of nitrogens with zero attached hydrogens (tertiary/aromatic N) is 1. The van der Waals surface area contributed by atoms with E-state index >= 15 is 0 Å². The zero-order valence-corrected chi connectivity index (χ0v) is 16.5. The van der Waals surface area contributed by atoms with Crippen molar-refractivity contribution in [3.05, 3.63) is 54.1 Å². The summed E-state index contributed by atoms with van der Waals surface area (Å²) in [6.45, 7) is 0.983. The minimum Gasteiger partial charge on any atom is -0.497 e. The lowest BCUT2D eigenvalue weighted by molar-refractivity contribution is -0.151. The number of carbonyl (C=O) groups is 2. The summed E-state index contributed by atoms with van der Waals surface area (Å²) in [6.07, 6.45) is -1.07. The Morgan fingerprint density at radius 2 is 1.93 bits per heavy atom. The van der Waals surface area contributed by atoms with Crippen LogP contribution in [-0.2, 0) is 24.3 Å². The summed E-state index contributed by atoms with van der Waals surface area (Å²) in [5.74, 6) is -0.658. The summed E-state index contributed by atoms with van der Waals surface area (Å²) in [4.78, 5) is 28.3. The molecule has 0 fully saturated rings. The largest absolute Gasteiger partial charge is 0.497 e. The number of sulfonamides is 1. The van der Waals surface area contributed by atoms with E-state index in [1.165, 1.54) is 20.1 Å². The first-order valence-corrected chi connectivity index (χ1v) is 10.1. The molecule has 0 aromatic heterocycles. The number of anilines is 1. The quantitative estimate of drug-likeness (QED) is 0.683. The summed E-state index contributed by atoms with van der Waals surface area (Å²) >= 11 is 0. The second kappa shape index (κ2) is 8.31. The number of fused-ring (bicyclic) bond motifs is 1. The molecule has 29 heavy (non-hydrogen) atoms. The lowest BCUT2D eigenvalue weighted by atomic mass is 10.2. The Balaban J connectivity index is 1.59. The fourth-order valence-electron chi connectivity index (χ4n) is 2.63. The van der Waals surface area contributed by atoms with E-state index in [1.54, 1.807) is 42.5 Å². The van der Waals surface area contributed by atoms with Crippen molar-refractivity contribution in [3.63, 3.8) is 0 Å². The predicted octanol–water partition coefficient (Wildman–Crippen LogP) is 1.30. The van der Waals surface area contributed by atoms with Gasteiger partial charge in [0.05, 0.1) is 12.0 Å². The monoisotopic (exact) mass is 417 g/mol. The number of amidine groups is 1. The van der Waals surface area contributed by atoms with Gasteiger partial charge >= 0.3 is 5.97 Å². The fourth-order valence-corrected chi connectivity index (χ4v) is 3.88. The zero-order valence-electron chi connectivity index (χ0n) is 15.7. The van der Waals surface area contributed by atoms with Crippen molar-refractivity contribution in [1.82, 2.24) is 4.72 Å². The van der Waals surface area contributed by atoms with E-state index < -0.39 is 34.5 Å². The lowest BCUT2D eigenvalue weighted by Crippen LogP contribution is -2.31. The van der Waals surface area contributed by atoms with Crippen molar-refractivity contribution in [2.24, 2.45) is 4.99 Å². The number of methoxy groups -OCH3 is 1. The van der Waals surface area contributed by atoms with Gasteiger partial charge in [0, 0.05) is 17.3 Å². The SMILES string of the molecule is COc1cccc(NC(=O)[C@@H](C)OC(=O)CN=C2NS(=O)(=O)c3ccccc32)c1. The molecule has 10 heteroatoms. The van der Waals surface area contributed by atoms with Gasteiger partial charge in [-0.05, 0) is 31.2 Å². The average Bonchev–Trinajstić information content (AvgIpc) is 2.97. The van der Waals surface area contributed by atoms with Crippen LogP contribution in [0.5, 0.6) is 5.75 Å². The molecule has 0 unspecified atom stereocenters. The van der Waals surface area contributed by atoms with Crippen LogP contribution in [0.4, 0.5) is 5.69 Å². The summed E-state index contributed by atoms with van der Waals surface area (Å²) in [5.41, 5.74) is 0.874. The van der Waals surface area contributed by atoms with E-state index in [-0.39, 0.29) is 10.7 Å². The van der Waals surface area contributed by atoms with Crippen LogP contribution in [0.1, 0.15) is 12.5 Å². The molecule has 0 saturated heterocycles. The molecule has 2 aromatic rings. The molecule has 1 atom stereocenters. The molecule has 1 aliphatic rings. The number of hydrogen-bond donors (Lipinski definition) is 2. The molecule has 3 rings (SSSR count). The highest BCUT2D eigenvalue weighted by atomic mass is 32.2. The Labute approximate surface area is 167 Å². The van der Waals surface area contributed by atoms with Crippen LogP contribution in [0, 0.1) is 0 Å². The van der Waals surface area contributed by atoms with Gasteiger partial charge in [-0.3, -0.25) is 19.3 Å². The van der Waals surface area contributed by atoms with Crippen LogP contribution in [0.25, 0.3) is 0 Å². The second-order valence-electron chi connectivity index (χ2n) is 6.12. The van der Waals surface area contributed by atoms with Crippen molar-refractivity contribution in [2.45, 2.75) is 17.9 Å². The van der Waals surface area contributed by atoms with Crippen LogP contribution in [0.3, 0.4) is 0 Å². The molecule has 2 aromatic carbocycles. The van der Waals surface area contributed by atoms with Crippen LogP contribution >= 0.6 is 0 Å². The van der Waals surface area contributed by atoms with E-state index in [1.807, 2.05) is 0 Å². The van der Waals surface area contributed by atoms with E-state index in [4.69, 9.17) is 9.47 Å². The molecule has 1 heterocycles. The number of aliphatic imine (C=N–C) groups is 1. The lowest BCUT2D eigenvalue weighted by Gasteiger charge is -2.13. The van der Waals surface area contributed by atoms with Crippen LogP contribution in [0.2, 0.25) is 0 Å². The Bertz CT molecular complexity index is 1080. The van der Waals surface area contributed by atoms with Gasteiger partial charge in [0.25, 0.3) is 15.9 Å². The average molecular weight is 417 g/mol. The minimum absolute atomic E-state index is 0.0611. The van der Waals surface area contributed by atoms with Crippen LogP contribution in [0.15, 0.2) is 58.4 Å². The van der Waals surface area contributed by atoms with Crippen molar-refractivity contribution in [1.29, 1.82) is 0 Å². The van der Waals surface area contributed by atoms with Crippen molar-refractivity contribution >= 4 is 33.4 Å². The Morgan fingerprint density at radius 1 is 1.17 bits per heavy atom. The van der Waals surface area contributed by atoms with Gasteiger partial charge in [-0.2, -0.15) is 0 Å². The normalized spacial score (nSPS) is 16.4. The van der Waals surface area contributed by atoms with Gasteiger partial charge in [-0.15, -0.1) is 0 Å². The van der Waals surface area contributed by atoms with Gasteiger partial charge in [-0.25, -0.2) is 8.42 Å². The number of ether oxygens (including phenoxy) is 2. The molecule has 0 radical (unpaired) electrons. The highest BCUT2D eigenvalue weighted by Gasteiger charge is 2.30. The van der Waals surface area contributed by atoms with Gasteiger partial charge in [0.15, 0.2) is 6.10 Å². The topological polar surface area (TPSA) is 123 Å². The number of hydrogen-bond acceptors (Lipinski definition) is 7. The number of rotatable bonds is 6. The van der Waals surface area contributed by atoms with Gasteiger partial charge in [0.1, 0.15) is 18.1 Å². The molecule has 0 saturated carbocycles. The first-order valence-electron chi connectivity index (χ1n) is 8.61. The molecule has 1 aliphatic heterocycles. The Morgan fingerprint density at radius 3 is 2.69 bits per heavy atom. The van der Waals surface area contributed by atoms with Crippen molar-refractivity contribution in [2.75, 3.05) is 19.0 Å². The van der Waals surface area contributed by atoms with E-state index in [9.17, 15) is 18.0 Å². The molecular weight excluding hydrogens is 398 g/mol. The maximum absolute atomic E-state index is 12.2. The van der Waals surface area contributed by atoms with Gasteiger partial charge < -0.3 is 14.8 Å². The maximum Gasteiger partial charge on any atom is 0.328 e. The Hall–Kier alpha value is -3.40. The van der Waals surface area contributed by atoms with Crippen molar-refractivity contribution < 1.29 is 27.5 Å². The van der Waals surface area contributed by atoms with Gasteiger partial charge in [0.2, 0.25) is 0 Å². The van der Waals surface area contributed by atoms with Crippen LogP contribution in [-0.4, -0.2) is 45.9 Å². The number of benzene rings is 2.